The molecule has 0 unspecified atom stereocenters. The Morgan fingerprint density at radius 1 is 1.35 bits per heavy atom. The molecule has 3 heterocycles. The van der Waals surface area contributed by atoms with Gasteiger partial charge < -0.3 is 9.52 Å². The third-order valence-corrected chi connectivity index (χ3v) is 5.36. The molecule has 1 aliphatic carbocycles. The molecule has 2 aromatic rings. The molecule has 1 N–H and O–H groups in total. The summed E-state index contributed by atoms with van der Waals surface area (Å²) < 4.78 is 5.80. The smallest absolute Gasteiger partial charge is 0.224 e. The third kappa shape index (κ3) is 2.41. The number of hydrogen-bond donors (Lipinski definition) is 1. The van der Waals surface area contributed by atoms with E-state index in [4.69, 9.17) is 4.42 Å². The summed E-state index contributed by atoms with van der Waals surface area (Å²) in [6, 6.07) is 3.56. The van der Waals surface area contributed by atoms with Gasteiger partial charge in [-0.2, -0.15) is 0 Å². The lowest BCUT2D eigenvalue weighted by atomic mass is 9.80. The Labute approximate surface area is 135 Å². The normalized spacial score (nSPS) is 27.5. The molecule has 1 saturated heterocycles. The predicted octanol–water partition coefficient (Wildman–Crippen LogP) is 2.34. The van der Waals surface area contributed by atoms with Gasteiger partial charge in [0.1, 0.15) is 5.75 Å². The van der Waals surface area contributed by atoms with Crippen molar-refractivity contribution in [3.05, 3.63) is 35.3 Å². The lowest BCUT2D eigenvalue weighted by Crippen LogP contribution is -2.32. The standard InChI is InChI=1S/C17H22N4O2/c1-11-5-6-15(22)14(18-11)9-21-8-13-4-3-7-17(13,10-21)16-20-19-12(2)23-16/h5-6,13,22H,3-4,7-10H2,1-2H3/t13-,17-/m0/s1. The van der Waals surface area contributed by atoms with Gasteiger partial charge in [-0.05, 0) is 37.8 Å². The minimum absolute atomic E-state index is 0.0132. The van der Waals surface area contributed by atoms with Crippen LogP contribution in [0.2, 0.25) is 0 Å². The van der Waals surface area contributed by atoms with Crippen LogP contribution in [0.5, 0.6) is 5.75 Å². The fourth-order valence-corrected chi connectivity index (χ4v) is 4.29. The van der Waals surface area contributed by atoms with Crippen molar-refractivity contribution in [1.29, 1.82) is 0 Å². The number of rotatable bonds is 3. The number of hydrogen-bond acceptors (Lipinski definition) is 6. The number of fused-ring (bicyclic) bond motifs is 1. The van der Waals surface area contributed by atoms with Crippen LogP contribution < -0.4 is 0 Å². The second-order valence-electron chi connectivity index (χ2n) is 6.96. The zero-order valence-electron chi connectivity index (χ0n) is 13.6. The zero-order chi connectivity index (χ0) is 16.0. The van der Waals surface area contributed by atoms with E-state index in [-0.39, 0.29) is 11.2 Å². The van der Waals surface area contributed by atoms with Crippen molar-refractivity contribution in [3.8, 4) is 5.75 Å². The number of pyridine rings is 1. The first kappa shape index (κ1) is 14.6. The molecule has 6 heteroatoms. The Hall–Kier alpha value is -1.95. The molecule has 2 aromatic heterocycles. The molecular weight excluding hydrogens is 292 g/mol. The van der Waals surface area contributed by atoms with Gasteiger partial charge in [0.15, 0.2) is 0 Å². The van der Waals surface area contributed by atoms with Crippen molar-refractivity contribution in [2.45, 2.75) is 45.1 Å². The van der Waals surface area contributed by atoms with Crippen molar-refractivity contribution < 1.29 is 9.52 Å². The molecule has 2 fully saturated rings. The molecular formula is C17H22N4O2. The van der Waals surface area contributed by atoms with Gasteiger partial charge in [0, 0.05) is 32.3 Å². The van der Waals surface area contributed by atoms with E-state index < -0.39 is 0 Å². The maximum atomic E-state index is 10.1. The third-order valence-electron chi connectivity index (χ3n) is 5.36. The zero-order valence-corrected chi connectivity index (χ0v) is 13.6. The Morgan fingerprint density at radius 3 is 3.00 bits per heavy atom. The number of likely N-dealkylation sites (tertiary alicyclic amines) is 1. The molecule has 2 atom stereocenters. The molecule has 6 nitrogen and oxygen atoms in total. The van der Waals surface area contributed by atoms with Crippen LogP contribution in [0.4, 0.5) is 0 Å². The highest BCUT2D eigenvalue weighted by Crippen LogP contribution is 2.50. The lowest BCUT2D eigenvalue weighted by molar-refractivity contribution is 0.261. The van der Waals surface area contributed by atoms with Crippen LogP contribution in [-0.4, -0.2) is 38.3 Å². The van der Waals surface area contributed by atoms with E-state index >= 15 is 0 Å². The summed E-state index contributed by atoms with van der Waals surface area (Å²) in [5.74, 6) is 2.25. The van der Waals surface area contributed by atoms with E-state index in [1.807, 2.05) is 19.9 Å². The Morgan fingerprint density at radius 2 is 2.22 bits per heavy atom. The second-order valence-corrected chi connectivity index (χ2v) is 6.96. The molecule has 0 amide bonds. The molecule has 4 rings (SSSR count). The topological polar surface area (TPSA) is 75.3 Å². The van der Waals surface area contributed by atoms with E-state index in [1.54, 1.807) is 6.07 Å². The number of aromatic nitrogens is 3. The fourth-order valence-electron chi connectivity index (χ4n) is 4.29. The molecule has 0 aromatic carbocycles. The first-order valence-electron chi connectivity index (χ1n) is 8.25. The van der Waals surface area contributed by atoms with Crippen molar-refractivity contribution in [1.82, 2.24) is 20.1 Å². The average molecular weight is 314 g/mol. The average Bonchev–Trinajstić information content (AvgIpc) is 3.17. The summed E-state index contributed by atoms with van der Waals surface area (Å²) in [7, 11) is 0. The van der Waals surface area contributed by atoms with E-state index in [2.05, 4.69) is 20.1 Å². The van der Waals surface area contributed by atoms with Gasteiger partial charge in [0.2, 0.25) is 11.8 Å². The van der Waals surface area contributed by atoms with Gasteiger partial charge in [-0.15, -0.1) is 10.2 Å². The van der Waals surface area contributed by atoms with Crippen molar-refractivity contribution in [2.24, 2.45) is 5.92 Å². The predicted molar refractivity (Wildman–Crippen MR) is 84.0 cm³/mol. The summed E-state index contributed by atoms with van der Waals surface area (Å²) in [6.45, 7) is 6.35. The van der Waals surface area contributed by atoms with Crippen molar-refractivity contribution in [3.63, 3.8) is 0 Å². The maximum absolute atomic E-state index is 10.1. The van der Waals surface area contributed by atoms with Gasteiger partial charge in [-0.1, -0.05) is 6.42 Å². The monoisotopic (exact) mass is 314 g/mol. The molecule has 1 aliphatic heterocycles. The number of aryl methyl sites for hydroxylation is 2. The number of nitrogens with zero attached hydrogens (tertiary/aromatic N) is 4. The molecule has 23 heavy (non-hydrogen) atoms. The quantitative estimate of drug-likeness (QED) is 0.937. The molecule has 1 saturated carbocycles. The van der Waals surface area contributed by atoms with Crippen LogP contribution in [0.1, 0.15) is 42.4 Å². The Kier molecular flexibility index (Phi) is 3.37. The van der Waals surface area contributed by atoms with Gasteiger partial charge in [0.25, 0.3) is 0 Å². The minimum Gasteiger partial charge on any atom is -0.506 e. The Bertz CT molecular complexity index is 729. The Balaban J connectivity index is 1.59. The van der Waals surface area contributed by atoms with Crippen LogP contribution in [0.3, 0.4) is 0 Å². The number of aromatic hydroxyl groups is 1. The van der Waals surface area contributed by atoms with Crippen LogP contribution in [0.15, 0.2) is 16.5 Å². The SMILES string of the molecule is Cc1ccc(O)c(CN2C[C@@H]3CCC[C@]3(c3nnc(C)o3)C2)n1. The van der Waals surface area contributed by atoms with Gasteiger partial charge in [-0.25, -0.2) is 0 Å². The largest absolute Gasteiger partial charge is 0.506 e. The summed E-state index contributed by atoms with van der Waals surface area (Å²) in [5, 5.41) is 18.4. The first-order valence-corrected chi connectivity index (χ1v) is 8.25. The molecule has 0 bridgehead atoms. The highest BCUT2D eigenvalue weighted by atomic mass is 16.4. The van der Waals surface area contributed by atoms with Gasteiger partial charge in [-0.3, -0.25) is 9.88 Å². The summed E-state index contributed by atoms with van der Waals surface area (Å²) in [5.41, 5.74) is 1.67. The highest BCUT2D eigenvalue weighted by Gasteiger charge is 2.53. The second kappa shape index (κ2) is 5.30. The molecule has 0 radical (unpaired) electrons. The maximum Gasteiger partial charge on any atom is 0.224 e. The fraction of sp³-hybridized carbons (Fsp3) is 0.588. The van der Waals surface area contributed by atoms with Crippen molar-refractivity contribution >= 4 is 0 Å². The van der Waals surface area contributed by atoms with E-state index in [1.165, 1.54) is 12.8 Å². The lowest BCUT2D eigenvalue weighted by Gasteiger charge is -2.24. The first-order chi connectivity index (χ1) is 11.1. The van der Waals surface area contributed by atoms with Crippen molar-refractivity contribution in [2.75, 3.05) is 13.1 Å². The summed E-state index contributed by atoms with van der Waals surface area (Å²) >= 11 is 0. The van der Waals surface area contributed by atoms with Crippen LogP contribution in [0.25, 0.3) is 0 Å². The minimum atomic E-state index is -0.0132. The van der Waals surface area contributed by atoms with Gasteiger partial charge >= 0.3 is 0 Å². The molecule has 0 spiro atoms. The van der Waals surface area contributed by atoms with Gasteiger partial charge in [0.05, 0.1) is 11.1 Å². The molecule has 2 aliphatic rings. The van der Waals surface area contributed by atoms with E-state index in [0.717, 1.165) is 36.8 Å². The summed E-state index contributed by atoms with van der Waals surface area (Å²) in [4.78, 5) is 6.85. The van der Waals surface area contributed by atoms with E-state index in [0.29, 0.717) is 18.4 Å². The van der Waals surface area contributed by atoms with Crippen LogP contribution in [-0.2, 0) is 12.0 Å². The van der Waals surface area contributed by atoms with Crippen LogP contribution in [0, 0.1) is 19.8 Å². The van der Waals surface area contributed by atoms with Crippen LogP contribution >= 0.6 is 0 Å². The van der Waals surface area contributed by atoms with E-state index in [9.17, 15) is 5.11 Å². The molecule has 122 valence electrons. The summed E-state index contributed by atoms with van der Waals surface area (Å²) in [6.07, 6.45) is 3.52. The highest BCUT2D eigenvalue weighted by molar-refractivity contribution is 5.28.